The number of thioether (sulfide) groups is 1. The Morgan fingerprint density at radius 2 is 2.08 bits per heavy atom. The fraction of sp³-hybridized carbons (Fsp3) is 0.267. The molecule has 24 heavy (non-hydrogen) atoms. The van der Waals surface area contributed by atoms with Gasteiger partial charge in [-0.05, 0) is 30.3 Å². The van der Waals surface area contributed by atoms with Gasteiger partial charge in [-0.25, -0.2) is 4.79 Å². The third-order valence-electron chi connectivity index (χ3n) is 2.90. The molecule has 4 nitrogen and oxygen atoms in total. The van der Waals surface area contributed by atoms with E-state index < -0.39 is 17.8 Å². The van der Waals surface area contributed by atoms with Gasteiger partial charge >= 0.3 is 12.2 Å². The summed E-state index contributed by atoms with van der Waals surface area (Å²) in [4.78, 5) is 11.7. The van der Waals surface area contributed by atoms with E-state index in [1.807, 2.05) is 6.07 Å². The lowest BCUT2D eigenvalue weighted by Gasteiger charge is -2.12. The number of carbonyl (C=O) groups is 1. The van der Waals surface area contributed by atoms with Crippen LogP contribution in [0, 0.1) is 0 Å². The minimum Gasteiger partial charge on any atom is -0.468 e. The Kier molecular flexibility index (Phi) is 6.44. The van der Waals surface area contributed by atoms with Crippen molar-refractivity contribution in [2.45, 2.75) is 11.9 Å². The highest BCUT2D eigenvalue weighted by Gasteiger charge is 2.31. The Labute approximate surface area is 145 Å². The Morgan fingerprint density at radius 3 is 2.75 bits per heavy atom. The molecular formula is C15H14ClF3N2O2S. The molecule has 1 aromatic heterocycles. The summed E-state index contributed by atoms with van der Waals surface area (Å²) in [6, 6.07) is 5.78. The lowest BCUT2D eigenvalue weighted by atomic mass is 10.2. The molecule has 0 aliphatic rings. The van der Waals surface area contributed by atoms with Crippen LogP contribution in [0.3, 0.4) is 0 Å². The third-order valence-corrected chi connectivity index (χ3v) is 4.21. The number of furan rings is 1. The van der Waals surface area contributed by atoms with Gasteiger partial charge in [-0.1, -0.05) is 11.6 Å². The molecule has 0 aliphatic carbocycles. The number of urea groups is 1. The van der Waals surface area contributed by atoms with E-state index in [9.17, 15) is 18.0 Å². The van der Waals surface area contributed by atoms with Crippen LogP contribution in [0.25, 0.3) is 0 Å². The maximum Gasteiger partial charge on any atom is 0.416 e. The summed E-state index contributed by atoms with van der Waals surface area (Å²) in [6.45, 7) is 0.355. The second-order valence-corrected chi connectivity index (χ2v) is 6.22. The van der Waals surface area contributed by atoms with E-state index in [-0.39, 0.29) is 10.7 Å². The van der Waals surface area contributed by atoms with E-state index in [4.69, 9.17) is 16.0 Å². The van der Waals surface area contributed by atoms with Crippen molar-refractivity contribution >= 4 is 35.1 Å². The van der Waals surface area contributed by atoms with Gasteiger partial charge in [-0.15, -0.1) is 0 Å². The molecule has 0 saturated heterocycles. The largest absolute Gasteiger partial charge is 0.468 e. The van der Waals surface area contributed by atoms with Crippen molar-refractivity contribution in [1.29, 1.82) is 0 Å². The molecule has 2 N–H and O–H groups in total. The molecule has 0 spiro atoms. The quantitative estimate of drug-likeness (QED) is 0.695. The predicted octanol–water partition coefficient (Wildman–Crippen LogP) is 5.01. The minimum atomic E-state index is -4.50. The van der Waals surface area contributed by atoms with Gasteiger partial charge in [0.05, 0.1) is 28.3 Å². The fourth-order valence-corrected chi connectivity index (χ4v) is 2.69. The van der Waals surface area contributed by atoms with Gasteiger partial charge in [0.15, 0.2) is 0 Å². The predicted molar refractivity (Wildman–Crippen MR) is 88.3 cm³/mol. The highest BCUT2D eigenvalue weighted by molar-refractivity contribution is 7.98. The van der Waals surface area contributed by atoms with Crippen molar-refractivity contribution in [3.05, 3.63) is 52.9 Å². The van der Waals surface area contributed by atoms with Crippen LogP contribution in [0.4, 0.5) is 23.7 Å². The zero-order chi connectivity index (χ0) is 17.6. The van der Waals surface area contributed by atoms with Crippen molar-refractivity contribution in [2.75, 3.05) is 17.6 Å². The van der Waals surface area contributed by atoms with E-state index in [0.29, 0.717) is 18.1 Å². The molecule has 0 fully saturated rings. The number of halogens is 4. The zero-order valence-electron chi connectivity index (χ0n) is 12.3. The van der Waals surface area contributed by atoms with Crippen LogP contribution in [0.5, 0.6) is 0 Å². The molecule has 0 atom stereocenters. The lowest BCUT2D eigenvalue weighted by molar-refractivity contribution is -0.137. The summed E-state index contributed by atoms with van der Waals surface area (Å²) in [6.07, 6.45) is -2.92. The molecular weight excluding hydrogens is 365 g/mol. The Balaban J connectivity index is 1.77. The third kappa shape index (κ3) is 5.68. The summed E-state index contributed by atoms with van der Waals surface area (Å²) < 4.78 is 43.1. The monoisotopic (exact) mass is 378 g/mol. The van der Waals surface area contributed by atoms with E-state index in [1.165, 1.54) is 0 Å². The lowest BCUT2D eigenvalue weighted by Crippen LogP contribution is -2.30. The smallest absolute Gasteiger partial charge is 0.416 e. The van der Waals surface area contributed by atoms with Crippen molar-refractivity contribution in [1.82, 2.24) is 5.32 Å². The molecule has 2 amide bonds. The molecule has 0 bridgehead atoms. The number of rotatable bonds is 6. The van der Waals surface area contributed by atoms with Gasteiger partial charge in [-0.2, -0.15) is 24.9 Å². The molecule has 0 aliphatic heterocycles. The first kappa shape index (κ1) is 18.5. The maximum atomic E-state index is 12.7. The van der Waals surface area contributed by atoms with E-state index in [1.54, 1.807) is 24.1 Å². The Morgan fingerprint density at radius 1 is 1.29 bits per heavy atom. The Hall–Kier alpha value is -1.80. The summed E-state index contributed by atoms with van der Waals surface area (Å²) in [5.74, 6) is 2.14. The van der Waals surface area contributed by atoms with Crippen LogP contribution in [0.1, 0.15) is 11.3 Å². The summed E-state index contributed by atoms with van der Waals surface area (Å²) in [5, 5.41) is 4.91. The second-order valence-electron chi connectivity index (χ2n) is 4.71. The average Bonchev–Trinajstić information content (AvgIpc) is 3.01. The molecule has 0 unspecified atom stereocenters. The zero-order valence-corrected chi connectivity index (χ0v) is 13.9. The van der Waals surface area contributed by atoms with Crippen molar-refractivity contribution in [3.63, 3.8) is 0 Å². The van der Waals surface area contributed by atoms with E-state index in [0.717, 1.165) is 24.0 Å². The van der Waals surface area contributed by atoms with Crippen molar-refractivity contribution in [2.24, 2.45) is 0 Å². The first-order valence-corrected chi connectivity index (χ1v) is 8.41. The number of anilines is 1. The number of amides is 2. The van der Waals surface area contributed by atoms with Gasteiger partial charge in [0.1, 0.15) is 5.76 Å². The highest BCUT2D eigenvalue weighted by Crippen LogP contribution is 2.33. The molecule has 1 aromatic carbocycles. The molecule has 9 heteroatoms. The summed E-state index contributed by atoms with van der Waals surface area (Å²) in [7, 11) is 0. The van der Waals surface area contributed by atoms with Gasteiger partial charge in [0.2, 0.25) is 0 Å². The van der Waals surface area contributed by atoms with Crippen LogP contribution in [-0.4, -0.2) is 18.3 Å². The van der Waals surface area contributed by atoms with Crippen LogP contribution in [-0.2, 0) is 11.9 Å². The summed E-state index contributed by atoms with van der Waals surface area (Å²) in [5.41, 5.74) is -0.969. The molecule has 2 aromatic rings. The molecule has 0 radical (unpaired) electrons. The maximum absolute atomic E-state index is 12.7. The molecule has 2 rings (SSSR count). The van der Waals surface area contributed by atoms with E-state index in [2.05, 4.69) is 10.6 Å². The Bertz CT molecular complexity index is 678. The molecule has 1 heterocycles. The number of alkyl halides is 3. The van der Waals surface area contributed by atoms with Crippen LogP contribution in [0.2, 0.25) is 5.02 Å². The van der Waals surface area contributed by atoms with Crippen molar-refractivity contribution in [3.8, 4) is 0 Å². The minimum absolute atomic E-state index is 0.0327. The van der Waals surface area contributed by atoms with Gasteiger partial charge in [0, 0.05) is 12.3 Å². The van der Waals surface area contributed by atoms with Gasteiger partial charge in [-0.3, -0.25) is 0 Å². The number of nitrogens with one attached hydrogen (secondary N) is 2. The number of hydrogen-bond acceptors (Lipinski definition) is 3. The van der Waals surface area contributed by atoms with Crippen molar-refractivity contribution < 1.29 is 22.4 Å². The van der Waals surface area contributed by atoms with Crippen LogP contribution in [0.15, 0.2) is 41.0 Å². The average molecular weight is 379 g/mol. The number of hydrogen-bond donors (Lipinski definition) is 2. The highest BCUT2D eigenvalue weighted by atomic mass is 35.5. The number of carbonyl (C=O) groups excluding carboxylic acids is 1. The van der Waals surface area contributed by atoms with Crippen LogP contribution < -0.4 is 10.6 Å². The SMILES string of the molecule is O=C(NCCSCc1ccco1)Nc1cc(C(F)(F)F)ccc1Cl. The second kappa shape index (κ2) is 8.34. The topological polar surface area (TPSA) is 54.3 Å². The molecule has 0 saturated carbocycles. The van der Waals surface area contributed by atoms with Gasteiger partial charge in [0.25, 0.3) is 0 Å². The first-order valence-electron chi connectivity index (χ1n) is 6.88. The normalized spacial score (nSPS) is 11.3. The number of benzene rings is 1. The standard InChI is InChI=1S/C15H14ClF3N2O2S/c16-12-4-3-10(15(17,18)19)8-13(12)21-14(22)20-5-7-24-9-11-2-1-6-23-11/h1-4,6,8H,5,7,9H2,(H2,20,21,22). The fourth-order valence-electron chi connectivity index (χ4n) is 1.77. The van der Waals surface area contributed by atoms with E-state index >= 15 is 0 Å². The first-order chi connectivity index (χ1) is 11.4. The summed E-state index contributed by atoms with van der Waals surface area (Å²) >= 11 is 7.36. The molecule has 130 valence electrons. The van der Waals surface area contributed by atoms with Crippen LogP contribution >= 0.6 is 23.4 Å². The van der Waals surface area contributed by atoms with Gasteiger partial charge < -0.3 is 15.1 Å².